The molecule has 38 heavy (non-hydrogen) atoms. The molecule has 0 unspecified atom stereocenters. The van der Waals surface area contributed by atoms with Crippen molar-refractivity contribution in [3.63, 3.8) is 0 Å². The second-order valence-corrected chi connectivity index (χ2v) is 12.7. The number of amides is 1. The first-order valence-electron chi connectivity index (χ1n) is 12.7. The molecule has 0 radical (unpaired) electrons. The molecule has 0 spiro atoms. The van der Waals surface area contributed by atoms with Gasteiger partial charge < -0.3 is 14.8 Å². The predicted molar refractivity (Wildman–Crippen MR) is 140 cm³/mol. The molecule has 3 aromatic rings. The number of ether oxygens (including phenoxy) is 2. The maximum Gasteiger partial charge on any atom is 0.280 e. The van der Waals surface area contributed by atoms with Gasteiger partial charge in [-0.2, -0.15) is 0 Å². The fourth-order valence-corrected chi connectivity index (χ4v) is 7.27. The van der Waals surface area contributed by atoms with Gasteiger partial charge in [-0.1, -0.05) is 0 Å². The molecular weight excluding hydrogens is 528 g/mol. The molecule has 0 aromatic carbocycles. The zero-order valence-corrected chi connectivity index (χ0v) is 22.4. The van der Waals surface area contributed by atoms with Crippen LogP contribution in [0.1, 0.15) is 60.6 Å². The Bertz CT molecular complexity index is 1440. The Morgan fingerprint density at radius 3 is 2.82 bits per heavy atom. The van der Waals surface area contributed by atoms with E-state index in [4.69, 9.17) is 9.47 Å². The first-order valence-corrected chi connectivity index (χ1v) is 15.1. The van der Waals surface area contributed by atoms with Gasteiger partial charge in [0.25, 0.3) is 5.91 Å². The van der Waals surface area contributed by atoms with Crippen LogP contribution in [0.3, 0.4) is 0 Å². The van der Waals surface area contributed by atoms with Crippen molar-refractivity contribution in [2.45, 2.75) is 62.5 Å². The summed E-state index contributed by atoms with van der Waals surface area (Å²) in [6, 6.07) is 2.87. The van der Waals surface area contributed by atoms with E-state index >= 15 is 0 Å². The van der Waals surface area contributed by atoms with Crippen molar-refractivity contribution in [2.24, 2.45) is 5.92 Å². The van der Waals surface area contributed by atoms with Gasteiger partial charge in [0.1, 0.15) is 5.69 Å². The molecular formula is C25H28N6O5S2. The number of hydrogen-bond acceptors (Lipinski definition) is 10. The number of sulfonamides is 1. The van der Waals surface area contributed by atoms with Crippen molar-refractivity contribution in [1.82, 2.24) is 25.3 Å². The van der Waals surface area contributed by atoms with E-state index in [1.54, 1.807) is 30.7 Å². The number of thiazole rings is 1. The molecule has 3 aliphatic rings. The number of rotatable bonds is 10. The molecule has 1 amide bonds. The molecule has 1 saturated carbocycles. The van der Waals surface area contributed by atoms with Gasteiger partial charge in [-0.05, 0) is 51.2 Å². The lowest BCUT2D eigenvalue weighted by Crippen LogP contribution is -2.38. The Morgan fingerprint density at radius 1 is 1.21 bits per heavy atom. The molecule has 2 saturated heterocycles. The lowest BCUT2D eigenvalue weighted by molar-refractivity contribution is 0.0790. The van der Waals surface area contributed by atoms with Gasteiger partial charge >= 0.3 is 0 Å². The Kier molecular flexibility index (Phi) is 6.74. The second-order valence-electron chi connectivity index (χ2n) is 9.75. The summed E-state index contributed by atoms with van der Waals surface area (Å²) in [6.45, 7) is 2.34. The number of carbonyl (C=O) groups is 1. The monoisotopic (exact) mass is 556 g/mol. The predicted octanol–water partition coefficient (Wildman–Crippen LogP) is 3.34. The highest BCUT2D eigenvalue weighted by Crippen LogP contribution is 2.45. The van der Waals surface area contributed by atoms with Gasteiger partial charge in [-0.25, -0.2) is 18.4 Å². The van der Waals surface area contributed by atoms with Crippen LogP contribution in [-0.2, 0) is 14.8 Å². The molecule has 4 atom stereocenters. The summed E-state index contributed by atoms with van der Waals surface area (Å²) in [4.78, 5) is 31.6. The molecule has 2 N–H and O–H groups in total. The highest BCUT2D eigenvalue weighted by atomic mass is 32.2. The topological polar surface area (TPSA) is 145 Å². The molecule has 200 valence electrons. The third-order valence-corrected chi connectivity index (χ3v) is 9.94. The number of fused-ring (bicyclic) bond motifs is 2. The van der Waals surface area contributed by atoms with Crippen LogP contribution in [0.4, 0.5) is 5.69 Å². The minimum Gasteiger partial charge on any atom is -0.477 e. The first kappa shape index (κ1) is 25.1. The largest absolute Gasteiger partial charge is 0.477 e. The number of pyridine rings is 1. The number of nitrogens with zero attached hydrogens (tertiary/aromatic N) is 4. The lowest BCUT2D eigenvalue weighted by Gasteiger charge is -2.29. The van der Waals surface area contributed by atoms with E-state index in [9.17, 15) is 13.2 Å². The Balaban J connectivity index is 1.25. The summed E-state index contributed by atoms with van der Waals surface area (Å²) >= 11 is 1.21. The van der Waals surface area contributed by atoms with E-state index in [1.165, 1.54) is 17.5 Å². The minimum atomic E-state index is -3.42. The lowest BCUT2D eigenvalue weighted by atomic mass is 9.82. The molecule has 6 rings (SSSR count). The average molecular weight is 557 g/mol. The number of nitrogens with one attached hydrogen (secondary N) is 2. The number of hydrogen-bond donors (Lipinski definition) is 2. The van der Waals surface area contributed by atoms with Gasteiger partial charge in [0.05, 0.1) is 58.8 Å². The molecule has 3 aromatic heterocycles. The maximum atomic E-state index is 13.4. The van der Waals surface area contributed by atoms with Crippen molar-refractivity contribution in [1.29, 1.82) is 0 Å². The van der Waals surface area contributed by atoms with Crippen molar-refractivity contribution in [3.05, 3.63) is 47.6 Å². The summed E-state index contributed by atoms with van der Waals surface area (Å²) in [5.74, 6) is 0.0892. The standard InChI is InChI=1S/C25H28N6O5S2/c1-2-35-22-13-26-11-19(29-22)21-12-28-25(37-21)24(32)30-23(17-10-15-3-6-20(17)36-15)18-9-14(7-8-27-18)31-38(33,34)16-4-5-16/h7-9,11-13,15-17,20,23H,2-6,10H2,1H3,(H,27,31)(H,30,32)/t15-,17+,20+,23+/m1/s1. The van der Waals surface area contributed by atoms with Crippen LogP contribution in [0.15, 0.2) is 36.9 Å². The fraction of sp³-hybridized carbons (Fsp3) is 0.480. The molecule has 2 bridgehead atoms. The van der Waals surface area contributed by atoms with Crippen LogP contribution in [0.25, 0.3) is 10.6 Å². The molecule has 3 fully saturated rings. The fourth-order valence-electron chi connectivity index (χ4n) is 5.12. The van der Waals surface area contributed by atoms with Crippen LogP contribution in [0, 0.1) is 5.92 Å². The Hall–Kier alpha value is -3.16. The minimum absolute atomic E-state index is 0.0161. The van der Waals surface area contributed by atoms with Crippen molar-refractivity contribution in [3.8, 4) is 16.5 Å². The van der Waals surface area contributed by atoms with Gasteiger partial charge in [-0.15, -0.1) is 11.3 Å². The van der Waals surface area contributed by atoms with Crippen molar-refractivity contribution in [2.75, 3.05) is 11.3 Å². The SMILES string of the molecule is CCOc1cncc(-c2cnc(C(=O)N[C@H](c3cc(NS(=O)(=O)C4CC4)ccn3)[C@H]3C[C@H]4CC[C@@H]3O4)s2)n1. The van der Waals surface area contributed by atoms with Crippen LogP contribution in [-0.4, -0.2) is 58.3 Å². The number of carbonyl (C=O) groups excluding carboxylic acids is 1. The zero-order chi connectivity index (χ0) is 26.3. The normalized spacial score (nSPS) is 23.2. The van der Waals surface area contributed by atoms with Crippen LogP contribution >= 0.6 is 11.3 Å². The van der Waals surface area contributed by atoms with E-state index in [1.807, 2.05) is 6.92 Å². The summed E-state index contributed by atoms with van der Waals surface area (Å²) < 4.78 is 39.2. The highest BCUT2D eigenvalue weighted by molar-refractivity contribution is 7.93. The first-order chi connectivity index (χ1) is 18.4. The summed E-state index contributed by atoms with van der Waals surface area (Å²) in [7, 11) is -3.42. The highest BCUT2D eigenvalue weighted by Gasteiger charge is 2.46. The molecule has 11 nitrogen and oxygen atoms in total. The van der Waals surface area contributed by atoms with Crippen LogP contribution in [0.2, 0.25) is 0 Å². The Labute approximate surface area is 224 Å². The maximum absolute atomic E-state index is 13.4. The third kappa shape index (κ3) is 5.22. The number of anilines is 1. The smallest absolute Gasteiger partial charge is 0.280 e. The molecule has 13 heteroatoms. The zero-order valence-electron chi connectivity index (χ0n) is 20.7. The second kappa shape index (κ2) is 10.2. The summed E-state index contributed by atoms with van der Waals surface area (Å²) in [5.41, 5.74) is 1.60. The number of aromatic nitrogens is 4. The Morgan fingerprint density at radius 2 is 2.08 bits per heavy atom. The van der Waals surface area contributed by atoms with Crippen molar-refractivity contribution < 1.29 is 22.7 Å². The van der Waals surface area contributed by atoms with Gasteiger partial charge in [0, 0.05) is 18.3 Å². The molecule has 2 aliphatic heterocycles. The van der Waals surface area contributed by atoms with E-state index in [-0.39, 0.29) is 34.3 Å². The summed E-state index contributed by atoms with van der Waals surface area (Å²) in [5, 5.41) is 3.07. The van der Waals surface area contributed by atoms with Gasteiger partial charge in [0.15, 0.2) is 5.01 Å². The average Bonchev–Trinajstić information content (AvgIpc) is 3.31. The molecule has 1 aliphatic carbocycles. The quantitative estimate of drug-likeness (QED) is 0.384. The van der Waals surface area contributed by atoms with E-state index < -0.39 is 16.1 Å². The third-order valence-electron chi connectivity index (χ3n) is 7.05. The van der Waals surface area contributed by atoms with E-state index in [0.29, 0.717) is 47.3 Å². The van der Waals surface area contributed by atoms with Crippen LogP contribution in [0.5, 0.6) is 5.88 Å². The van der Waals surface area contributed by atoms with Gasteiger partial charge in [-0.3, -0.25) is 19.5 Å². The summed E-state index contributed by atoms with van der Waals surface area (Å²) in [6.07, 6.45) is 10.6. The molecule has 5 heterocycles. The van der Waals surface area contributed by atoms with Gasteiger partial charge in [0.2, 0.25) is 15.9 Å². The van der Waals surface area contributed by atoms with Crippen LogP contribution < -0.4 is 14.8 Å². The van der Waals surface area contributed by atoms with E-state index in [2.05, 4.69) is 30.0 Å². The van der Waals surface area contributed by atoms with Crippen molar-refractivity contribution >= 4 is 33.0 Å². The van der Waals surface area contributed by atoms with E-state index in [0.717, 1.165) is 19.3 Å².